The molecule has 0 saturated carbocycles. The zero-order chi connectivity index (χ0) is 21.5. The fraction of sp³-hybridized carbons (Fsp3) is 0.440. The molecule has 0 unspecified atom stereocenters. The Morgan fingerprint density at radius 3 is 2.10 bits per heavy atom. The van der Waals surface area contributed by atoms with Crippen molar-refractivity contribution in [3.63, 3.8) is 0 Å². The van der Waals surface area contributed by atoms with E-state index in [2.05, 4.69) is 45.0 Å². The Morgan fingerprint density at radius 2 is 1.57 bits per heavy atom. The molecule has 0 aromatic heterocycles. The lowest BCUT2D eigenvalue weighted by Gasteiger charge is -2.42. The van der Waals surface area contributed by atoms with Gasteiger partial charge in [0.05, 0.1) is 0 Å². The molecule has 0 radical (unpaired) electrons. The smallest absolute Gasteiger partial charge is 0.410 e. The van der Waals surface area contributed by atoms with E-state index in [9.17, 15) is 14.7 Å². The van der Waals surface area contributed by atoms with E-state index in [0.29, 0.717) is 13.0 Å². The molecule has 1 N–H and O–H groups in total. The number of carboxylic acid groups (broad SMARTS) is 1. The molecule has 30 heavy (non-hydrogen) atoms. The molecule has 0 spiro atoms. The van der Waals surface area contributed by atoms with Crippen LogP contribution in [0.15, 0.2) is 48.5 Å². The summed E-state index contributed by atoms with van der Waals surface area (Å²) in [6.07, 6.45) is 0.730. The summed E-state index contributed by atoms with van der Waals surface area (Å²) in [7, 11) is 0. The number of aliphatic carboxylic acids is 1. The van der Waals surface area contributed by atoms with Crippen LogP contribution in [0, 0.1) is 11.3 Å². The van der Waals surface area contributed by atoms with Crippen LogP contribution in [-0.4, -0.2) is 41.3 Å². The van der Waals surface area contributed by atoms with Crippen molar-refractivity contribution in [2.75, 3.05) is 13.2 Å². The van der Waals surface area contributed by atoms with E-state index in [4.69, 9.17) is 4.74 Å². The van der Waals surface area contributed by atoms with Crippen LogP contribution in [0.5, 0.6) is 0 Å². The largest absolute Gasteiger partial charge is 0.480 e. The number of carbonyl (C=O) groups is 2. The van der Waals surface area contributed by atoms with E-state index >= 15 is 0 Å². The second-order valence-corrected chi connectivity index (χ2v) is 9.45. The van der Waals surface area contributed by atoms with Gasteiger partial charge < -0.3 is 9.84 Å². The lowest BCUT2D eigenvalue weighted by Crippen LogP contribution is -2.53. The molecule has 2 aromatic rings. The van der Waals surface area contributed by atoms with Gasteiger partial charge in [0.2, 0.25) is 0 Å². The number of rotatable bonds is 3. The number of nitrogens with zero attached hydrogens (tertiary/aromatic N) is 1. The van der Waals surface area contributed by atoms with Gasteiger partial charge in [-0.25, -0.2) is 9.59 Å². The summed E-state index contributed by atoms with van der Waals surface area (Å²) in [5.41, 5.74) is 4.64. The van der Waals surface area contributed by atoms with Gasteiger partial charge in [0.25, 0.3) is 0 Å². The molecule has 1 aliphatic carbocycles. The van der Waals surface area contributed by atoms with Gasteiger partial charge in [-0.2, -0.15) is 0 Å². The van der Waals surface area contributed by atoms with Crippen molar-refractivity contribution in [2.45, 2.75) is 45.6 Å². The number of amides is 1. The summed E-state index contributed by atoms with van der Waals surface area (Å²) < 4.78 is 5.74. The van der Waals surface area contributed by atoms with Crippen LogP contribution in [0.2, 0.25) is 0 Å². The van der Waals surface area contributed by atoms with Gasteiger partial charge in [0.15, 0.2) is 0 Å². The highest BCUT2D eigenvalue weighted by atomic mass is 16.6. The van der Waals surface area contributed by atoms with Crippen molar-refractivity contribution < 1.29 is 19.4 Å². The Labute approximate surface area is 177 Å². The molecule has 1 saturated heterocycles. The zero-order valence-electron chi connectivity index (χ0n) is 17.8. The van der Waals surface area contributed by atoms with Crippen LogP contribution < -0.4 is 0 Å². The predicted octanol–water partition coefficient (Wildman–Crippen LogP) is 5.15. The van der Waals surface area contributed by atoms with Crippen LogP contribution in [0.4, 0.5) is 4.79 Å². The van der Waals surface area contributed by atoms with Gasteiger partial charge in [-0.15, -0.1) is 0 Å². The molecule has 1 heterocycles. The normalized spacial score (nSPS) is 21.1. The number of piperidine rings is 1. The van der Waals surface area contributed by atoms with E-state index in [1.165, 1.54) is 16.0 Å². The Kier molecular flexibility index (Phi) is 5.31. The first-order chi connectivity index (χ1) is 14.3. The number of carbonyl (C=O) groups excluding carboxylic acids is 1. The van der Waals surface area contributed by atoms with Gasteiger partial charge in [0, 0.05) is 12.5 Å². The number of hydrogen-bond acceptors (Lipinski definition) is 3. The molecule has 158 valence electrons. The zero-order valence-corrected chi connectivity index (χ0v) is 17.8. The van der Waals surface area contributed by atoms with Gasteiger partial charge in [-0.1, -0.05) is 69.3 Å². The van der Waals surface area contributed by atoms with Crippen LogP contribution in [0.25, 0.3) is 11.1 Å². The summed E-state index contributed by atoms with van der Waals surface area (Å²) in [4.78, 5) is 26.2. The highest BCUT2D eigenvalue weighted by Crippen LogP contribution is 2.44. The second-order valence-electron chi connectivity index (χ2n) is 9.45. The molecule has 2 aliphatic rings. The van der Waals surface area contributed by atoms with Crippen LogP contribution in [-0.2, 0) is 9.53 Å². The summed E-state index contributed by atoms with van der Waals surface area (Å²) in [5, 5.41) is 9.64. The number of likely N-dealkylation sites (tertiary alicyclic amines) is 1. The summed E-state index contributed by atoms with van der Waals surface area (Å²) in [6.45, 7) is 7.02. The van der Waals surface area contributed by atoms with Gasteiger partial charge in [0.1, 0.15) is 12.6 Å². The highest BCUT2D eigenvalue weighted by Gasteiger charge is 2.41. The molecular formula is C25H29NO4. The molecule has 1 amide bonds. The maximum Gasteiger partial charge on any atom is 0.410 e. The molecule has 2 atom stereocenters. The molecule has 1 aliphatic heterocycles. The molecule has 5 nitrogen and oxygen atoms in total. The third-order valence-electron chi connectivity index (χ3n) is 6.66. The van der Waals surface area contributed by atoms with E-state index in [0.717, 1.165) is 17.5 Å². The monoisotopic (exact) mass is 407 g/mol. The Morgan fingerprint density at radius 1 is 1.00 bits per heavy atom. The Hall–Kier alpha value is -2.82. The minimum absolute atomic E-state index is 0.00529. The van der Waals surface area contributed by atoms with Gasteiger partial charge in [-0.05, 0) is 46.4 Å². The minimum atomic E-state index is -0.962. The average molecular weight is 408 g/mol. The standard InChI is InChI=1S/C25H29NO4/c1-25(2,3)16-12-13-22(23(27)28)26(14-16)24(29)30-15-21-19-10-6-4-8-17(19)18-9-5-7-11-20(18)21/h4-11,16,21-22H,12-15H2,1-3H3,(H,27,28)/t16-,22+/m1/s1. The minimum Gasteiger partial charge on any atom is -0.480 e. The molecule has 4 rings (SSSR count). The van der Waals surface area contributed by atoms with E-state index in [-0.39, 0.29) is 23.9 Å². The second kappa shape index (κ2) is 7.78. The fourth-order valence-corrected chi connectivity index (χ4v) is 4.81. The Bertz CT molecular complexity index is 916. The topological polar surface area (TPSA) is 66.8 Å². The summed E-state index contributed by atoms with van der Waals surface area (Å²) in [6, 6.07) is 15.5. The van der Waals surface area contributed by atoms with Crippen molar-refractivity contribution in [3.05, 3.63) is 59.7 Å². The predicted molar refractivity (Wildman–Crippen MR) is 115 cm³/mol. The van der Waals surface area contributed by atoms with E-state index in [1.807, 2.05) is 24.3 Å². The first-order valence-electron chi connectivity index (χ1n) is 10.6. The average Bonchev–Trinajstić information content (AvgIpc) is 3.04. The highest BCUT2D eigenvalue weighted by molar-refractivity contribution is 5.81. The molecule has 2 aromatic carbocycles. The van der Waals surface area contributed by atoms with Crippen molar-refractivity contribution in [2.24, 2.45) is 11.3 Å². The molecular weight excluding hydrogens is 378 g/mol. The van der Waals surface area contributed by atoms with Gasteiger partial charge >= 0.3 is 12.1 Å². The lowest BCUT2D eigenvalue weighted by atomic mass is 9.75. The number of fused-ring (bicyclic) bond motifs is 3. The first kappa shape index (κ1) is 20.5. The maximum absolute atomic E-state index is 13.0. The molecule has 5 heteroatoms. The Balaban J connectivity index is 1.53. The van der Waals surface area contributed by atoms with Crippen molar-refractivity contribution in [1.29, 1.82) is 0 Å². The lowest BCUT2D eigenvalue weighted by molar-refractivity contribution is -0.145. The number of benzene rings is 2. The quantitative estimate of drug-likeness (QED) is 0.764. The van der Waals surface area contributed by atoms with Crippen LogP contribution in [0.3, 0.4) is 0 Å². The number of hydrogen-bond donors (Lipinski definition) is 1. The van der Waals surface area contributed by atoms with Crippen LogP contribution in [0.1, 0.15) is 50.7 Å². The summed E-state index contributed by atoms with van der Waals surface area (Å²) in [5.74, 6) is -0.753. The van der Waals surface area contributed by atoms with Crippen molar-refractivity contribution >= 4 is 12.1 Å². The maximum atomic E-state index is 13.0. The summed E-state index contributed by atoms with van der Waals surface area (Å²) >= 11 is 0. The van der Waals surface area contributed by atoms with E-state index in [1.54, 1.807) is 0 Å². The fourth-order valence-electron chi connectivity index (χ4n) is 4.81. The van der Waals surface area contributed by atoms with E-state index < -0.39 is 18.1 Å². The number of ether oxygens (including phenoxy) is 1. The first-order valence-corrected chi connectivity index (χ1v) is 10.6. The molecule has 0 bridgehead atoms. The van der Waals surface area contributed by atoms with Crippen LogP contribution >= 0.6 is 0 Å². The molecule has 1 fully saturated rings. The van der Waals surface area contributed by atoms with Crippen molar-refractivity contribution in [1.82, 2.24) is 4.90 Å². The van der Waals surface area contributed by atoms with Crippen molar-refractivity contribution in [3.8, 4) is 11.1 Å². The third kappa shape index (κ3) is 3.69. The third-order valence-corrected chi connectivity index (χ3v) is 6.66. The number of carboxylic acids is 1. The van der Waals surface area contributed by atoms with Gasteiger partial charge in [-0.3, -0.25) is 4.90 Å². The SMILES string of the molecule is CC(C)(C)[C@@H]1CC[C@@H](C(=O)O)N(C(=O)OCC2c3ccccc3-c3ccccc32)C1.